The van der Waals surface area contributed by atoms with Gasteiger partial charge in [-0.05, 0) is 36.6 Å². The Bertz CT molecular complexity index is 336. The van der Waals surface area contributed by atoms with Gasteiger partial charge >= 0.3 is 0 Å². The highest BCUT2D eigenvalue weighted by Crippen LogP contribution is 2.24. The first-order chi connectivity index (χ1) is 6.94. The Hall–Kier alpha value is -0.600. The smallest absolute Gasteiger partial charge is 0.141 e. The predicted molar refractivity (Wildman–Crippen MR) is 62.8 cm³/mol. The van der Waals surface area contributed by atoms with Gasteiger partial charge in [-0.15, -0.1) is 0 Å². The van der Waals surface area contributed by atoms with Crippen LogP contribution in [-0.4, -0.2) is 13.6 Å². The van der Waals surface area contributed by atoms with Crippen molar-refractivity contribution < 1.29 is 4.39 Å². The SMILES string of the molecule is CNCC(C)(C)Cc1ccc(F)c(Cl)c1. The lowest BCUT2D eigenvalue weighted by molar-refractivity contribution is 0.350. The highest BCUT2D eigenvalue weighted by molar-refractivity contribution is 6.30. The summed E-state index contributed by atoms with van der Waals surface area (Å²) in [5, 5.41) is 3.35. The van der Waals surface area contributed by atoms with Crippen LogP contribution in [-0.2, 0) is 6.42 Å². The van der Waals surface area contributed by atoms with Gasteiger partial charge in [-0.25, -0.2) is 4.39 Å². The third kappa shape index (κ3) is 3.80. The fourth-order valence-electron chi connectivity index (χ4n) is 1.74. The number of nitrogens with one attached hydrogen (secondary N) is 1. The molecule has 0 heterocycles. The Labute approximate surface area is 95.6 Å². The van der Waals surface area contributed by atoms with Crippen molar-refractivity contribution in [3.8, 4) is 0 Å². The first-order valence-electron chi connectivity index (χ1n) is 5.03. The van der Waals surface area contributed by atoms with E-state index in [0.717, 1.165) is 18.5 Å². The lowest BCUT2D eigenvalue weighted by Crippen LogP contribution is -2.28. The summed E-state index contributed by atoms with van der Waals surface area (Å²) in [4.78, 5) is 0. The highest BCUT2D eigenvalue weighted by Gasteiger charge is 2.17. The van der Waals surface area contributed by atoms with E-state index in [1.54, 1.807) is 12.1 Å². The second-order valence-electron chi connectivity index (χ2n) is 4.62. The minimum Gasteiger partial charge on any atom is -0.319 e. The van der Waals surface area contributed by atoms with E-state index in [1.165, 1.54) is 6.07 Å². The molecule has 0 saturated heterocycles. The van der Waals surface area contributed by atoms with Crippen molar-refractivity contribution in [2.75, 3.05) is 13.6 Å². The maximum atomic E-state index is 12.9. The van der Waals surface area contributed by atoms with E-state index in [4.69, 9.17) is 11.6 Å². The van der Waals surface area contributed by atoms with Crippen molar-refractivity contribution in [3.05, 3.63) is 34.6 Å². The molecule has 1 rings (SSSR count). The molecule has 0 bridgehead atoms. The van der Waals surface area contributed by atoms with Crippen molar-refractivity contribution in [1.82, 2.24) is 5.32 Å². The van der Waals surface area contributed by atoms with Crippen LogP contribution >= 0.6 is 11.6 Å². The van der Waals surface area contributed by atoms with Crippen molar-refractivity contribution in [2.24, 2.45) is 5.41 Å². The Kier molecular flexibility index (Phi) is 4.12. The summed E-state index contributed by atoms with van der Waals surface area (Å²) in [6, 6.07) is 4.92. The van der Waals surface area contributed by atoms with E-state index in [0.29, 0.717) is 0 Å². The van der Waals surface area contributed by atoms with Crippen LogP contribution in [0.5, 0.6) is 0 Å². The number of hydrogen-bond acceptors (Lipinski definition) is 1. The second kappa shape index (κ2) is 4.95. The monoisotopic (exact) mass is 229 g/mol. The summed E-state index contributed by atoms with van der Waals surface area (Å²) in [7, 11) is 1.93. The topological polar surface area (TPSA) is 12.0 Å². The van der Waals surface area contributed by atoms with Gasteiger partial charge in [0.25, 0.3) is 0 Å². The van der Waals surface area contributed by atoms with E-state index < -0.39 is 0 Å². The third-order valence-corrected chi connectivity index (χ3v) is 2.61. The average Bonchev–Trinajstić information content (AvgIpc) is 2.10. The van der Waals surface area contributed by atoms with Gasteiger partial charge in [0.05, 0.1) is 5.02 Å². The minimum atomic E-state index is -0.355. The fourth-order valence-corrected chi connectivity index (χ4v) is 1.95. The largest absolute Gasteiger partial charge is 0.319 e. The number of benzene rings is 1. The summed E-state index contributed by atoms with van der Waals surface area (Å²) < 4.78 is 12.9. The molecule has 15 heavy (non-hydrogen) atoms. The van der Waals surface area contributed by atoms with Gasteiger partial charge in [-0.3, -0.25) is 0 Å². The van der Waals surface area contributed by atoms with Crippen molar-refractivity contribution in [3.63, 3.8) is 0 Å². The normalized spacial score (nSPS) is 11.8. The Morgan fingerprint density at radius 1 is 1.40 bits per heavy atom. The summed E-state index contributed by atoms with van der Waals surface area (Å²) >= 11 is 5.73. The molecule has 3 heteroatoms. The van der Waals surface area contributed by atoms with Crippen LogP contribution in [0.2, 0.25) is 5.02 Å². The van der Waals surface area contributed by atoms with Gasteiger partial charge in [-0.2, -0.15) is 0 Å². The number of halogens is 2. The molecular weight excluding hydrogens is 213 g/mol. The van der Waals surface area contributed by atoms with Crippen LogP contribution in [0.3, 0.4) is 0 Å². The number of hydrogen-bond donors (Lipinski definition) is 1. The number of rotatable bonds is 4. The molecule has 0 aliphatic heterocycles. The maximum Gasteiger partial charge on any atom is 0.141 e. The van der Waals surface area contributed by atoms with E-state index in [2.05, 4.69) is 19.2 Å². The van der Waals surface area contributed by atoms with Crippen LogP contribution in [0.25, 0.3) is 0 Å². The molecule has 0 radical (unpaired) electrons. The fraction of sp³-hybridized carbons (Fsp3) is 0.500. The zero-order valence-corrected chi connectivity index (χ0v) is 10.2. The van der Waals surface area contributed by atoms with Gasteiger partial charge in [0.2, 0.25) is 0 Å². The maximum absolute atomic E-state index is 12.9. The molecule has 1 aromatic carbocycles. The summed E-state index contributed by atoms with van der Waals surface area (Å²) in [5.41, 5.74) is 1.22. The molecular formula is C12H17ClFN. The van der Waals surface area contributed by atoms with Crippen LogP contribution in [0, 0.1) is 11.2 Å². The molecule has 1 aromatic rings. The molecule has 0 aliphatic rings. The standard InChI is InChI=1S/C12H17ClFN/c1-12(2,8-15-3)7-9-4-5-11(14)10(13)6-9/h4-6,15H,7-8H2,1-3H3. The first kappa shape index (κ1) is 12.5. The Morgan fingerprint density at radius 3 is 2.60 bits per heavy atom. The van der Waals surface area contributed by atoms with Gasteiger partial charge < -0.3 is 5.32 Å². The van der Waals surface area contributed by atoms with E-state index in [1.807, 2.05) is 7.05 Å². The van der Waals surface area contributed by atoms with Crippen LogP contribution < -0.4 is 5.32 Å². The quantitative estimate of drug-likeness (QED) is 0.836. The van der Waals surface area contributed by atoms with Crippen LogP contribution in [0.1, 0.15) is 19.4 Å². The molecule has 0 unspecified atom stereocenters. The van der Waals surface area contributed by atoms with Crippen molar-refractivity contribution in [2.45, 2.75) is 20.3 Å². The van der Waals surface area contributed by atoms with Crippen molar-refractivity contribution in [1.29, 1.82) is 0 Å². The van der Waals surface area contributed by atoms with Gasteiger partial charge in [0.1, 0.15) is 5.82 Å². The van der Waals surface area contributed by atoms with E-state index in [9.17, 15) is 4.39 Å². The molecule has 0 atom stereocenters. The lowest BCUT2D eigenvalue weighted by atomic mass is 9.86. The average molecular weight is 230 g/mol. The summed E-state index contributed by atoms with van der Waals surface area (Å²) in [6.45, 7) is 5.25. The predicted octanol–water partition coefficient (Wildman–Crippen LogP) is 3.27. The van der Waals surface area contributed by atoms with Crippen LogP contribution in [0.4, 0.5) is 4.39 Å². The van der Waals surface area contributed by atoms with Gasteiger partial charge in [0.15, 0.2) is 0 Å². The molecule has 0 fully saturated rings. The van der Waals surface area contributed by atoms with E-state index in [-0.39, 0.29) is 16.3 Å². The lowest BCUT2D eigenvalue weighted by Gasteiger charge is -2.24. The first-order valence-corrected chi connectivity index (χ1v) is 5.41. The van der Waals surface area contributed by atoms with Crippen molar-refractivity contribution >= 4 is 11.6 Å². The zero-order valence-electron chi connectivity index (χ0n) is 9.40. The molecule has 0 saturated carbocycles. The second-order valence-corrected chi connectivity index (χ2v) is 5.03. The molecule has 1 N–H and O–H groups in total. The van der Waals surface area contributed by atoms with Gasteiger partial charge in [0, 0.05) is 6.54 Å². The molecule has 0 spiro atoms. The molecule has 0 aromatic heterocycles. The minimum absolute atomic E-state index is 0.149. The summed E-state index contributed by atoms with van der Waals surface area (Å²) in [6.07, 6.45) is 0.883. The Morgan fingerprint density at radius 2 is 2.07 bits per heavy atom. The highest BCUT2D eigenvalue weighted by atomic mass is 35.5. The van der Waals surface area contributed by atoms with E-state index >= 15 is 0 Å². The Balaban J connectivity index is 2.76. The molecule has 1 nitrogen and oxygen atoms in total. The molecule has 84 valence electrons. The third-order valence-electron chi connectivity index (χ3n) is 2.32. The zero-order chi connectivity index (χ0) is 11.5. The molecule has 0 aliphatic carbocycles. The van der Waals surface area contributed by atoms with Gasteiger partial charge in [-0.1, -0.05) is 31.5 Å². The molecule has 0 amide bonds. The van der Waals surface area contributed by atoms with Crippen LogP contribution in [0.15, 0.2) is 18.2 Å². The summed E-state index contributed by atoms with van der Waals surface area (Å²) in [5.74, 6) is -0.355.